The Labute approximate surface area is 123 Å². The molecule has 0 aromatic rings. The molecule has 0 bridgehead atoms. The van der Waals surface area contributed by atoms with Crippen molar-refractivity contribution in [3.05, 3.63) is 0 Å². The highest BCUT2D eigenvalue weighted by Gasteiger charge is 2.55. The zero-order chi connectivity index (χ0) is 13.8. The fraction of sp³-hybridized carbons (Fsp3) is 1.00. The molecule has 1 heterocycles. The Hall–Kier alpha value is -0.120. The molecule has 3 unspecified atom stereocenters. The van der Waals surface area contributed by atoms with E-state index in [1.165, 1.54) is 57.8 Å². The lowest BCUT2D eigenvalue weighted by atomic mass is 9.55. The standard InChI is InChI=1S/C17H31NO2/c1-2-18-15-12-16(17(15)9-5-3-6-10-17)20-13-14-8-4-7-11-19-14/h14-16,18H,2-13H2,1H3. The number of hydrogen-bond donors (Lipinski definition) is 1. The lowest BCUT2D eigenvalue weighted by molar-refractivity contribution is -0.172. The van der Waals surface area contributed by atoms with E-state index < -0.39 is 0 Å². The first-order chi connectivity index (χ1) is 9.85. The summed E-state index contributed by atoms with van der Waals surface area (Å²) < 4.78 is 12.1. The van der Waals surface area contributed by atoms with Gasteiger partial charge in [0, 0.05) is 18.1 Å². The molecule has 0 radical (unpaired) electrons. The average Bonchev–Trinajstić information content (AvgIpc) is 2.52. The van der Waals surface area contributed by atoms with Gasteiger partial charge in [0.15, 0.2) is 0 Å². The average molecular weight is 281 g/mol. The van der Waals surface area contributed by atoms with Crippen LogP contribution in [-0.4, -0.2) is 38.0 Å². The van der Waals surface area contributed by atoms with Gasteiger partial charge < -0.3 is 14.8 Å². The van der Waals surface area contributed by atoms with Crippen molar-refractivity contribution >= 4 is 0 Å². The van der Waals surface area contributed by atoms with Gasteiger partial charge in [-0.2, -0.15) is 0 Å². The molecule has 0 aromatic heterocycles. The first-order valence-corrected chi connectivity index (χ1v) is 8.82. The molecular weight excluding hydrogens is 250 g/mol. The molecule has 3 fully saturated rings. The Morgan fingerprint density at radius 3 is 2.70 bits per heavy atom. The maximum absolute atomic E-state index is 6.32. The molecule has 0 aromatic carbocycles. The lowest BCUT2D eigenvalue weighted by Gasteiger charge is -2.58. The molecule has 1 N–H and O–H groups in total. The minimum atomic E-state index is 0.363. The summed E-state index contributed by atoms with van der Waals surface area (Å²) in [6.45, 7) is 5.07. The van der Waals surface area contributed by atoms with Gasteiger partial charge in [-0.25, -0.2) is 0 Å². The zero-order valence-electron chi connectivity index (χ0n) is 13.0. The van der Waals surface area contributed by atoms with Gasteiger partial charge in [0.1, 0.15) is 0 Å². The topological polar surface area (TPSA) is 30.5 Å². The summed E-state index contributed by atoms with van der Waals surface area (Å²) in [5.41, 5.74) is 0.447. The van der Waals surface area contributed by atoms with E-state index in [4.69, 9.17) is 9.47 Å². The van der Waals surface area contributed by atoms with Gasteiger partial charge in [0.2, 0.25) is 0 Å². The predicted octanol–water partition coefficient (Wildman–Crippen LogP) is 3.27. The Balaban J connectivity index is 1.52. The fourth-order valence-corrected chi connectivity index (χ4v) is 4.56. The van der Waals surface area contributed by atoms with Crippen LogP contribution in [0.15, 0.2) is 0 Å². The van der Waals surface area contributed by atoms with Crippen LogP contribution in [0.4, 0.5) is 0 Å². The van der Waals surface area contributed by atoms with Gasteiger partial charge in [-0.05, 0) is 45.1 Å². The van der Waals surface area contributed by atoms with E-state index >= 15 is 0 Å². The van der Waals surface area contributed by atoms with E-state index in [2.05, 4.69) is 12.2 Å². The van der Waals surface area contributed by atoms with E-state index in [1.54, 1.807) is 0 Å². The van der Waals surface area contributed by atoms with Crippen molar-refractivity contribution in [3.63, 3.8) is 0 Å². The highest BCUT2D eigenvalue weighted by molar-refractivity contribution is 5.08. The van der Waals surface area contributed by atoms with Crippen LogP contribution < -0.4 is 5.32 Å². The molecule has 3 heteroatoms. The van der Waals surface area contributed by atoms with Gasteiger partial charge in [-0.1, -0.05) is 26.2 Å². The van der Waals surface area contributed by atoms with E-state index in [0.717, 1.165) is 19.8 Å². The highest BCUT2D eigenvalue weighted by Crippen LogP contribution is 2.53. The number of nitrogens with one attached hydrogen (secondary N) is 1. The van der Waals surface area contributed by atoms with Gasteiger partial charge in [0.05, 0.1) is 18.8 Å². The SMILES string of the molecule is CCNC1CC(OCC2CCCCO2)C12CCCCC2. The molecule has 3 rings (SSSR count). The summed E-state index contributed by atoms with van der Waals surface area (Å²) in [6, 6.07) is 0.699. The Bertz CT molecular complexity index is 295. The Morgan fingerprint density at radius 2 is 2.00 bits per heavy atom. The second-order valence-electron chi connectivity index (χ2n) is 6.95. The van der Waals surface area contributed by atoms with Crippen LogP contribution in [-0.2, 0) is 9.47 Å². The van der Waals surface area contributed by atoms with E-state index in [9.17, 15) is 0 Å². The van der Waals surface area contributed by atoms with E-state index in [0.29, 0.717) is 23.7 Å². The third-order valence-electron chi connectivity index (χ3n) is 5.78. The minimum absolute atomic E-state index is 0.363. The van der Waals surface area contributed by atoms with Crippen LogP contribution in [0.3, 0.4) is 0 Å². The van der Waals surface area contributed by atoms with Gasteiger partial charge in [-0.15, -0.1) is 0 Å². The summed E-state index contributed by atoms with van der Waals surface area (Å²) >= 11 is 0. The second kappa shape index (κ2) is 6.76. The van der Waals surface area contributed by atoms with Gasteiger partial charge in [0.25, 0.3) is 0 Å². The Morgan fingerprint density at radius 1 is 1.15 bits per heavy atom. The normalized spacial score (nSPS) is 36.8. The highest BCUT2D eigenvalue weighted by atomic mass is 16.5. The van der Waals surface area contributed by atoms with Gasteiger partial charge in [-0.3, -0.25) is 0 Å². The van der Waals surface area contributed by atoms with Gasteiger partial charge >= 0.3 is 0 Å². The fourth-order valence-electron chi connectivity index (χ4n) is 4.56. The van der Waals surface area contributed by atoms with Crippen LogP contribution in [0, 0.1) is 5.41 Å². The minimum Gasteiger partial charge on any atom is -0.376 e. The number of ether oxygens (including phenoxy) is 2. The molecule has 1 aliphatic heterocycles. The van der Waals surface area contributed by atoms with Crippen molar-refractivity contribution < 1.29 is 9.47 Å². The Kier molecular flexibility index (Phi) is 5.00. The maximum atomic E-state index is 6.32. The quantitative estimate of drug-likeness (QED) is 0.839. The summed E-state index contributed by atoms with van der Waals surface area (Å²) in [5, 5.41) is 3.70. The molecule has 2 aliphatic carbocycles. The summed E-state index contributed by atoms with van der Waals surface area (Å²) in [6.07, 6.45) is 12.7. The molecule has 3 aliphatic rings. The number of rotatable bonds is 5. The third kappa shape index (κ3) is 2.90. The molecule has 3 atom stereocenters. The molecule has 0 amide bonds. The smallest absolute Gasteiger partial charge is 0.0808 e. The molecule has 2 saturated carbocycles. The molecule has 116 valence electrons. The van der Waals surface area contributed by atoms with Crippen molar-refractivity contribution in [2.45, 2.75) is 83.0 Å². The van der Waals surface area contributed by atoms with Crippen LogP contribution >= 0.6 is 0 Å². The van der Waals surface area contributed by atoms with Crippen molar-refractivity contribution in [2.24, 2.45) is 5.41 Å². The summed E-state index contributed by atoms with van der Waals surface area (Å²) in [7, 11) is 0. The summed E-state index contributed by atoms with van der Waals surface area (Å²) in [5.74, 6) is 0. The molecule has 3 nitrogen and oxygen atoms in total. The monoisotopic (exact) mass is 281 g/mol. The van der Waals surface area contributed by atoms with Crippen LogP contribution in [0.5, 0.6) is 0 Å². The first-order valence-electron chi connectivity index (χ1n) is 8.82. The van der Waals surface area contributed by atoms with E-state index in [1.807, 2.05) is 0 Å². The molecular formula is C17H31NO2. The van der Waals surface area contributed by atoms with Crippen molar-refractivity contribution in [3.8, 4) is 0 Å². The largest absolute Gasteiger partial charge is 0.376 e. The van der Waals surface area contributed by atoms with Crippen molar-refractivity contribution in [1.82, 2.24) is 5.32 Å². The summed E-state index contributed by atoms with van der Waals surface area (Å²) in [4.78, 5) is 0. The van der Waals surface area contributed by atoms with Crippen LogP contribution in [0.2, 0.25) is 0 Å². The van der Waals surface area contributed by atoms with Crippen molar-refractivity contribution in [1.29, 1.82) is 0 Å². The number of hydrogen-bond acceptors (Lipinski definition) is 3. The van der Waals surface area contributed by atoms with Crippen LogP contribution in [0.25, 0.3) is 0 Å². The molecule has 20 heavy (non-hydrogen) atoms. The first kappa shape index (κ1) is 14.8. The molecule has 1 saturated heterocycles. The lowest BCUT2D eigenvalue weighted by Crippen LogP contribution is -2.64. The predicted molar refractivity (Wildman–Crippen MR) is 80.9 cm³/mol. The maximum Gasteiger partial charge on any atom is 0.0808 e. The van der Waals surface area contributed by atoms with E-state index in [-0.39, 0.29) is 0 Å². The van der Waals surface area contributed by atoms with Crippen LogP contribution in [0.1, 0.15) is 64.7 Å². The van der Waals surface area contributed by atoms with Crippen molar-refractivity contribution in [2.75, 3.05) is 19.8 Å². The third-order valence-corrected chi connectivity index (χ3v) is 5.78. The molecule has 1 spiro atoms. The zero-order valence-corrected chi connectivity index (χ0v) is 13.0. The second-order valence-corrected chi connectivity index (χ2v) is 6.95.